The highest BCUT2D eigenvalue weighted by Gasteiger charge is 2.29. The molecule has 1 atom stereocenters. The Balaban J connectivity index is 1.48. The molecule has 1 amide bonds. The van der Waals surface area contributed by atoms with Gasteiger partial charge in [0.15, 0.2) is 11.0 Å². The van der Waals surface area contributed by atoms with Gasteiger partial charge in [-0.25, -0.2) is 4.79 Å². The van der Waals surface area contributed by atoms with Crippen molar-refractivity contribution in [1.82, 2.24) is 14.8 Å². The van der Waals surface area contributed by atoms with Crippen LogP contribution in [0.15, 0.2) is 16.6 Å². The number of rotatable bonds is 8. The normalized spacial score (nSPS) is 15.4. The van der Waals surface area contributed by atoms with Gasteiger partial charge in [0.05, 0.1) is 18.4 Å². The lowest BCUT2D eigenvalue weighted by molar-refractivity contribution is -0.113. The second-order valence-corrected chi connectivity index (χ2v) is 11.8. The number of hydrogen-bond acceptors (Lipinski definition) is 8. The lowest BCUT2D eigenvalue weighted by atomic mass is 9.88. The molecule has 4 rings (SSSR count). The molecule has 0 aliphatic heterocycles. The molecule has 3 aromatic heterocycles. The summed E-state index contributed by atoms with van der Waals surface area (Å²) in [4.78, 5) is 27.8. The number of nitrogens with zero attached hydrogens (tertiary/aromatic N) is 3. The van der Waals surface area contributed by atoms with E-state index in [4.69, 9.17) is 4.74 Å². The molecule has 7 nitrogen and oxygen atoms in total. The van der Waals surface area contributed by atoms with Gasteiger partial charge in [-0.2, -0.15) is 0 Å². The van der Waals surface area contributed by atoms with Crippen molar-refractivity contribution in [2.45, 2.75) is 64.6 Å². The monoisotopic (exact) mass is 518 g/mol. The number of amides is 1. The fraction of sp³-hybridized carbons (Fsp3) is 0.500. The molecule has 3 aromatic rings. The molecule has 0 spiro atoms. The lowest BCUT2D eigenvalue weighted by Gasteiger charge is -2.18. The molecule has 1 aliphatic carbocycles. The third-order valence-corrected chi connectivity index (χ3v) is 9.34. The maximum absolute atomic E-state index is 12.8. The smallest absolute Gasteiger partial charge is 0.341 e. The van der Waals surface area contributed by atoms with Crippen LogP contribution in [0, 0.1) is 5.92 Å². The summed E-state index contributed by atoms with van der Waals surface area (Å²) in [6, 6.07) is 2.17. The first-order chi connectivity index (χ1) is 16.3. The molecule has 34 heavy (non-hydrogen) atoms. The molecule has 3 heterocycles. The van der Waals surface area contributed by atoms with Crippen LogP contribution in [0.1, 0.15) is 65.7 Å². The van der Waals surface area contributed by atoms with E-state index in [0.717, 1.165) is 36.2 Å². The van der Waals surface area contributed by atoms with E-state index < -0.39 is 0 Å². The van der Waals surface area contributed by atoms with Gasteiger partial charge in [0.25, 0.3) is 0 Å². The van der Waals surface area contributed by atoms with E-state index in [1.807, 2.05) is 11.5 Å². The van der Waals surface area contributed by atoms with E-state index in [0.29, 0.717) is 34.1 Å². The highest BCUT2D eigenvalue weighted by atomic mass is 32.2. The fourth-order valence-corrected chi connectivity index (χ4v) is 7.24. The number of carbonyl (C=O) groups is 2. The number of methoxy groups -OCH3 is 1. The number of hydrogen-bond donors (Lipinski definition) is 1. The summed E-state index contributed by atoms with van der Waals surface area (Å²) in [6.45, 7) is 9.33. The Bertz CT molecular complexity index is 1190. The average molecular weight is 519 g/mol. The minimum Gasteiger partial charge on any atom is -0.465 e. The quantitative estimate of drug-likeness (QED) is 0.297. The molecule has 182 valence electrons. The highest BCUT2D eigenvalue weighted by Crippen LogP contribution is 2.40. The summed E-state index contributed by atoms with van der Waals surface area (Å²) in [5, 5.41) is 15.1. The Morgan fingerprint density at radius 1 is 1.35 bits per heavy atom. The van der Waals surface area contributed by atoms with Crippen molar-refractivity contribution in [2.75, 3.05) is 18.2 Å². The number of ether oxygens (including phenoxy) is 1. The zero-order chi connectivity index (χ0) is 24.4. The molecular formula is C24H30N4O3S3. The van der Waals surface area contributed by atoms with Crippen LogP contribution in [0.2, 0.25) is 0 Å². The Morgan fingerprint density at radius 3 is 2.82 bits per heavy atom. The number of fused-ring (bicyclic) bond motifs is 1. The van der Waals surface area contributed by atoms with Crippen molar-refractivity contribution in [3.8, 4) is 11.4 Å². The lowest BCUT2D eigenvalue weighted by Crippen LogP contribution is -2.17. The number of aromatic nitrogens is 3. The number of esters is 1. The first kappa shape index (κ1) is 24.9. The number of thiophene rings is 2. The van der Waals surface area contributed by atoms with Crippen molar-refractivity contribution in [3.63, 3.8) is 0 Å². The van der Waals surface area contributed by atoms with E-state index in [9.17, 15) is 9.59 Å². The SMILES string of the molecule is CCn1c(SCC(=O)Nc2sc3c(c2C(=O)OC)CCC(C)C3)nnc1-c1csc(C(C)C)c1. The standard InChI is InChI=1S/C24H30N4O3S3/c1-6-28-21(15-10-17(13(2)3)32-11-15)26-27-24(28)33-12-19(29)25-22-20(23(30)31-5)16-8-7-14(4)9-18(16)34-22/h10-11,13-14H,6-9,12H2,1-5H3,(H,25,29). The van der Waals surface area contributed by atoms with Crippen LogP contribution in [-0.2, 0) is 28.9 Å². The minimum atomic E-state index is -0.387. The first-order valence-electron chi connectivity index (χ1n) is 11.5. The van der Waals surface area contributed by atoms with E-state index in [-0.39, 0.29) is 17.6 Å². The molecule has 1 unspecified atom stereocenters. The average Bonchev–Trinajstić information content (AvgIpc) is 3.52. The molecule has 1 aliphatic rings. The second kappa shape index (κ2) is 10.6. The zero-order valence-corrected chi connectivity index (χ0v) is 22.6. The van der Waals surface area contributed by atoms with Gasteiger partial charge in [-0.3, -0.25) is 4.79 Å². The summed E-state index contributed by atoms with van der Waals surface area (Å²) >= 11 is 4.58. The van der Waals surface area contributed by atoms with E-state index in [2.05, 4.69) is 47.7 Å². The van der Waals surface area contributed by atoms with Crippen LogP contribution in [0.5, 0.6) is 0 Å². The zero-order valence-electron chi connectivity index (χ0n) is 20.1. The molecule has 0 fully saturated rings. The maximum Gasteiger partial charge on any atom is 0.341 e. The Labute approximate surface area is 212 Å². The van der Waals surface area contributed by atoms with Crippen LogP contribution in [0.25, 0.3) is 11.4 Å². The van der Waals surface area contributed by atoms with E-state index in [1.54, 1.807) is 11.3 Å². The number of nitrogens with one attached hydrogen (secondary N) is 1. The number of carbonyl (C=O) groups excluding carboxylic acids is 2. The fourth-order valence-electron chi connectivity index (χ4n) is 4.12. The van der Waals surface area contributed by atoms with Gasteiger partial charge in [0.1, 0.15) is 5.00 Å². The van der Waals surface area contributed by atoms with Crippen molar-refractivity contribution in [3.05, 3.63) is 32.3 Å². The molecule has 1 N–H and O–H groups in total. The number of anilines is 1. The van der Waals surface area contributed by atoms with Gasteiger partial charge in [-0.05, 0) is 49.7 Å². The van der Waals surface area contributed by atoms with Crippen LogP contribution < -0.4 is 5.32 Å². The molecule has 0 radical (unpaired) electrons. The van der Waals surface area contributed by atoms with Crippen molar-refractivity contribution in [1.29, 1.82) is 0 Å². The second-order valence-electron chi connectivity index (χ2n) is 8.83. The van der Waals surface area contributed by atoms with Gasteiger partial charge >= 0.3 is 5.97 Å². The number of thioether (sulfide) groups is 1. The summed E-state index contributed by atoms with van der Waals surface area (Å²) in [5.41, 5.74) is 2.61. The van der Waals surface area contributed by atoms with Gasteiger partial charge in [-0.15, -0.1) is 32.9 Å². The summed E-state index contributed by atoms with van der Waals surface area (Å²) in [5.74, 6) is 1.48. The largest absolute Gasteiger partial charge is 0.465 e. The topological polar surface area (TPSA) is 86.1 Å². The molecular weight excluding hydrogens is 488 g/mol. The molecule has 10 heteroatoms. The van der Waals surface area contributed by atoms with Crippen LogP contribution in [-0.4, -0.2) is 39.5 Å². The van der Waals surface area contributed by atoms with Gasteiger partial charge < -0.3 is 14.6 Å². The predicted octanol–water partition coefficient (Wildman–Crippen LogP) is 5.85. The van der Waals surface area contributed by atoms with Crippen LogP contribution >= 0.6 is 34.4 Å². The van der Waals surface area contributed by atoms with Crippen molar-refractivity contribution in [2.24, 2.45) is 5.92 Å². The Morgan fingerprint density at radius 2 is 2.15 bits per heavy atom. The third-order valence-electron chi connectivity index (χ3n) is 5.97. The maximum atomic E-state index is 12.8. The Kier molecular flexibility index (Phi) is 7.79. The first-order valence-corrected chi connectivity index (χ1v) is 14.2. The van der Waals surface area contributed by atoms with Gasteiger partial charge in [0.2, 0.25) is 5.91 Å². The Hall–Kier alpha value is -2.17. The predicted molar refractivity (Wildman–Crippen MR) is 139 cm³/mol. The van der Waals surface area contributed by atoms with E-state index in [1.165, 1.54) is 40.0 Å². The van der Waals surface area contributed by atoms with Gasteiger partial charge in [-0.1, -0.05) is 32.5 Å². The molecule has 0 aromatic carbocycles. The summed E-state index contributed by atoms with van der Waals surface area (Å²) in [6.07, 6.45) is 2.80. The van der Waals surface area contributed by atoms with Gasteiger partial charge in [0, 0.05) is 27.2 Å². The molecule has 0 bridgehead atoms. The van der Waals surface area contributed by atoms with Crippen LogP contribution in [0.4, 0.5) is 5.00 Å². The van der Waals surface area contributed by atoms with Crippen molar-refractivity contribution >= 4 is 51.3 Å². The van der Waals surface area contributed by atoms with Crippen LogP contribution in [0.3, 0.4) is 0 Å². The molecule has 0 saturated heterocycles. The molecule has 0 saturated carbocycles. The summed E-state index contributed by atoms with van der Waals surface area (Å²) < 4.78 is 7.06. The van der Waals surface area contributed by atoms with E-state index >= 15 is 0 Å². The third kappa shape index (κ3) is 5.08. The van der Waals surface area contributed by atoms with Crippen molar-refractivity contribution < 1.29 is 14.3 Å². The highest BCUT2D eigenvalue weighted by molar-refractivity contribution is 7.99. The summed E-state index contributed by atoms with van der Waals surface area (Å²) in [7, 11) is 1.38. The minimum absolute atomic E-state index is 0.174.